The first kappa shape index (κ1) is 9.64. The lowest BCUT2D eigenvalue weighted by atomic mass is 10.2. The van der Waals surface area contributed by atoms with Crippen LogP contribution in [0.25, 0.3) is 0 Å². The van der Waals surface area contributed by atoms with Crippen LogP contribution in [0.2, 0.25) is 0 Å². The van der Waals surface area contributed by atoms with Crippen molar-refractivity contribution in [3.63, 3.8) is 0 Å². The van der Waals surface area contributed by atoms with E-state index in [1.165, 1.54) is 0 Å². The molecule has 1 atom stereocenters. The predicted octanol–water partition coefficient (Wildman–Crippen LogP) is 1.29. The van der Waals surface area contributed by atoms with Gasteiger partial charge in [0.15, 0.2) is 0 Å². The second-order valence-corrected chi connectivity index (χ2v) is 3.08. The lowest BCUT2D eigenvalue weighted by molar-refractivity contribution is 0.554. The van der Waals surface area contributed by atoms with E-state index < -0.39 is 11.3 Å². The Morgan fingerprint density at radius 1 is 1.38 bits per heavy atom. The molecule has 1 aromatic rings. The molecule has 0 fully saturated rings. The smallest absolute Gasteiger partial charge is 0.350 e. The summed E-state index contributed by atoms with van der Waals surface area (Å²) < 4.78 is 18.4. The summed E-state index contributed by atoms with van der Waals surface area (Å²) in [6.45, 7) is 1.92. The molecule has 0 aliphatic heterocycles. The standard InChI is InChI=1S/C8H7NO3S/c1-7-2-4-8(5-3-7)12-13(11)9-6-10/h2-5H,1H3. The molecule has 0 amide bonds. The molecule has 0 heterocycles. The summed E-state index contributed by atoms with van der Waals surface area (Å²) in [4.78, 5) is 9.69. The van der Waals surface area contributed by atoms with E-state index in [-0.39, 0.29) is 0 Å². The van der Waals surface area contributed by atoms with E-state index in [0.717, 1.165) is 11.6 Å². The van der Waals surface area contributed by atoms with E-state index in [1.807, 2.05) is 6.92 Å². The molecule has 0 saturated carbocycles. The molecule has 1 rings (SSSR count). The first-order valence-corrected chi connectivity index (χ1v) is 4.50. The zero-order chi connectivity index (χ0) is 9.68. The van der Waals surface area contributed by atoms with Crippen LogP contribution >= 0.6 is 0 Å². The Hall–Kier alpha value is -1.45. The Kier molecular flexibility index (Phi) is 3.37. The average Bonchev–Trinajstić information content (AvgIpc) is 2.09. The van der Waals surface area contributed by atoms with Gasteiger partial charge in [-0.25, -0.2) is 4.79 Å². The van der Waals surface area contributed by atoms with Crippen LogP contribution in [0.15, 0.2) is 28.7 Å². The van der Waals surface area contributed by atoms with Gasteiger partial charge < -0.3 is 4.18 Å². The maximum atomic E-state index is 10.8. The van der Waals surface area contributed by atoms with E-state index >= 15 is 0 Å². The third kappa shape index (κ3) is 3.19. The normalized spacial score (nSPS) is 11.5. The molecular weight excluding hydrogens is 190 g/mol. The van der Waals surface area contributed by atoms with Crippen LogP contribution in [0.5, 0.6) is 5.75 Å². The fraction of sp³-hybridized carbons (Fsp3) is 0.125. The van der Waals surface area contributed by atoms with Gasteiger partial charge in [0.25, 0.3) is 6.08 Å². The first-order valence-electron chi connectivity index (χ1n) is 3.47. The van der Waals surface area contributed by atoms with Gasteiger partial charge in [0.1, 0.15) is 5.75 Å². The molecule has 0 aliphatic rings. The largest absolute Gasteiger partial charge is 0.383 e. The number of benzene rings is 1. The van der Waals surface area contributed by atoms with Gasteiger partial charge in [-0.1, -0.05) is 22.1 Å². The molecule has 4 nitrogen and oxygen atoms in total. The SMILES string of the molecule is Cc1ccc(OS(=O)N=C=O)cc1. The van der Waals surface area contributed by atoms with Crippen molar-refractivity contribution in [1.29, 1.82) is 0 Å². The number of nitrogens with zero attached hydrogens (tertiary/aromatic N) is 1. The quantitative estimate of drug-likeness (QED) is 0.542. The van der Waals surface area contributed by atoms with Crippen molar-refractivity contribution in [2.45, 2.75) is 6.92 Å². The summed E-state index contributed by atoms with van der Waals surface area (Å²) in [6.07, 6.45) is 1.15. The molecule has 13 heavy (non-hydrogen) atoms. The number of hydrogen-bond donors (Lipinski definition) is 0. The molecular formula is C8H7NO3S. The van der Waals surface area contributed by atoms with Gasteiger partial charge in [0.05, 0.1) is 0 Å². The summed E-state index contributed by atoms with van der Waals surface area (Å²) in [7, 11) is 0. The van der Waals surface area contributed by atoms with Crippen molar-refractivity contribution >= 4 is 17.3 Å². The molecule has 0 saturated heterocycles. The molecule has 1 aromatic carbocycles. The lowest BCUT2D eigenvalue weighted by Crippen LogP contribution is -1.95. The molecule has 0 aromatic heterocycles. The summed E-state index contributed by atoms with van der Waals surface area (Å²) in [5.41, 5.74) is 1.07. The van der Waals surface area contributed by atoms with Gasteiger partial charge >= 0.3 is 11.3 Å². The van der Waals surface area contributed by atoms with Crippen molar-refractivity contribution < 1.29 is 13.2 Å². The summed E-state index contributed by atoms with van der Waals surface area (Å²) in [5, 5.41) is 0. The fourth-order valence-corrected chi connectivity index (χ4v) is 1.10. The lowest BCUT2D eigenvalue weighted by Gasteiger charge is -1.98. The second kappa shape index (κ2) is 4.54. The van der Waals surface area contributed by atoms with Crippen molar-refractivity contribution in [2.24, 2.45) is 4.40 Å². The van der Waals surface area contributed by atoms with E-state index in [4.69, 9.17) is 4.18 Å². The van der Waals surface area contributed by atoms with Gasteiger partial charge in [0, 0.05) is 0 Å². The van der Waals surface area contributed by atoms with E-state index in [0.29, 0.717) is 5.75 Å². The monoisotopic (exact) mass is 197 g/mol. The van der Waals surface area contributed by atoms with Crippen LogP contribution in [-0.2, 0) is 16.1 Å². The van der Waals surface area contributed by atoms with Crippen LogP contribution in [-0.4, -0.2) is 10.3 Å². The highest BCUT2D eigenvalue weighted by atomic mass is 32.2. The van der Waals surface area contributed by atoms with Crippen molar-refractivity contribution in [3.8, 4) is 5.75 Å². The molecule has 0 spiro atoms. The maximum Gasteiger partial charge on any atom is 0.350 e. The van der Waals surface area contributed by atoms with E-state index in [1.54, 1.807) is 24.3 Å². The molecule has 0 bridgehead atoms. The zero-order valence-corrected chi connectivity index (χ0v) is 7.71. The van der Waals surface area contributed by atoms with Gasteiger partial charge in [-0.3, -0.25) is 0 Å². The van der Waals surface area contributed by atoms with Crippen LogP contribution < -0.4 is 4.18 Å². The third-order valence-electron chi connectivity index (χ3n) is 1.30. The van der Waals surface area contributed by atoms with E-state index in [2.05, 4.69) is 4.40 Å². The molecule has 0 radical (unpaired) electrons. The highest BCUT2D eigenvalue weighted by molar-refractivity contribution is 7.79. The van der Waals surface area contributed by atoms with Gasteiger partial charge in [-0.2, -0.15) is 4.21 Å². The molecule has 68 valence electrons. The average molecular weight is 197 g/mol. The minimum absolute atomic E-state index is 0.405. The highest BCUT2D eigenvalue weighted by Crippen LogP contribution is 2.12. The van der Waals surface area contributed by atoms with Crippen LogP contribution in [0.3, 0.4) is 0 Å². The van der Waals surface area contributed by atoms with Crippen LogP contribution in [0.4, 0.5) is 0 Å². The predicted molar refractivity (Wildman–Crippen MR) is 48.1 cm³/mol. The Labute approximate surface area is 78.1 Å². The summed E-state index contributed by atoms with van der Waals surface area (Å²) in [6, 6.07) is 6.90. The van der Waals surface area contributed by atoms with Crippen molar-refractivity contribution in [3.05, 3.63) is 29.8 Å². The number of isocyanates is 1. The van der Waals surface area contributed by atoms with E-state index in [9.17, 15) is 9.00 Å². The second-order valence-electron chi connectivity index (χ2n) is 2.30. The maximum absolute atomic E-state index is 10.8. The van der Waals surface area contributed by atoms with Crippen molar-refractivity contribution in [2.75, 3.05) is 0 Å². The molecule has 5 heteroatoms. The van der Waals surface area contributed by atoms with Crippen LogP contribution in [0, 0.1) is 6.92 Å². The summed E-state index contributed by atoms with van der Waals surface area (Å²) in [5.74, 6) is 0.405. The van der Waals surface area contributed by atoms with Gasteiger partial charge in [-0.05, 0) is 19.1 Å². The number of hydrogen-bond acceptors (Lipinski definition) is 3. The summed E-state index contributed by atoms with van der Waals surface area (Å²) >= 11 is -1.98. The number of aryl methyl sites for hydroxylation is 1. The van der Waals surface area contributed by atoms with Crippen molar-refractivity contribution in [1.82, 2.24) is 0 Å². The molecule has 0 aliphatic carbocycles. The van der Waals surface area contributed by atoms with Gasteiger partial charge in [0.2, 0.25) is 0 Å². The number of rotatable bonds is 3. The molecule has 0 N–H and O–H groups in total. The topological polar surface area (TPSA) is 55.7 Å². The molecule has 1 unspecified atom stereocenters. The highest BCUT2D eigenvalue weighted by Gasteiger charge is 1.98. The minimum Gasteiger partial charge on any atom is -0.383 e. The Bertz CT molecular complexity index is 354. The Balaban J connectivity index is 2.69. The number of carbonyl (C=O) groups excluding carboxylic acids is 1. The van der Waals surface area contributed by atoms with Crippen LogP contribution in [0.1, 0.15) is 5.56 Å². The van der Waals surface area contributed by atoms with Gasteiger partial charge in [-0.15, -0.1) is 0 Å². The first-order chi connectivity index (χ1) is 6.22. The zero-order valence-electron chi connectivity index (χ0n) is 6.89. The Morgan fingerprint density at radius 2 is 2.00 bits per heavy atom. The minimum atomic E-state index is -1.98. The fourth-order valence-electron chi connectivity index (χ4n) is 0.725. The Morgan fingerprint density at radius 3 is 2.54 bits per heavy atom. The third-order valence-corrected chi connectivity index (χ3v) is 1.86.